The van der Waals surface area contributed by atoms with Gasteiger partial charge in [0, 0.05) is 24.5 Å². The van der Waals surface area contributed by atoms with Gasteiger partial charge in [0.15, 0.2) is 0 Å². The van der Waals surface area contributed by atoms with Gasteiger partial charge in [-0.25, -0.2) is 18.4 Å². The number of aromatic nitrogens is 1. The predicted octanol–water partition coefficient (Wildman–Crippen LogP) is 2.93. The third-order valence-electron chi connectivity index (χ3n) is 7.36. The molecule has 41 heavy (non-hydrogen) atoms. The number of nitrogens with one attached hydrogen (secondary N) is 2. The molecule has 2 saturated heterocycles. The van der Waals surface area contributed by atoms with Crippen LogP contribution in [0.2, 0.25) is 0 Å². The van der Waals surface area contributed by atoms with Crippen LogP contribution in [-0.2, 0) is 9.53 Å². The number of anilines is 2. The zero-order chi connectivity index (χ0) is 29.4. The standard InChI is InChI=1S/C28H29F2N5O6/c1-15(36)31-12-18-13-34(28(40)41-18)17-3-4-24(22(30)9-17)35-14-20(27(38)39)26(37)19-10-21(29)23(11-25(19)35)32-16-5-7-33(2)8-6-16/h3-4,9-11,14,16,18,32H,5-8,12-13H2,1-2H3,(H,31,36)(H,38,39)/t18-/m0/s1. The molecule has 0 unspecified atom stereocenters. The van der Waals surface area contributed by atoms with Crippen LogP contribution in [0.25, 0.3) is 16.6 Å². The van der Waals surface area contributed by atoms with E-state index in [2.05, 4.69) is 15.5 Å². The van der Waals surface area contributed by atoms with Crippen LogP contribution in [0.3, 0.4) is 0 Å². The van der Waals surface area contributed by atoms with E-state index in [0.717, 1.165) is 44.3 Å². The van der Waals surface area contributed by atoms with Crippen LogP contribution in [0.5, 0.6) is 0 Å². The zero-order valence-electron chi connectivity index (χ0n) is 22.4. The van der Waals surface area contributed by atoms with Gasteiger partial charge >= 0.3 is 12.1 Å². The number of amides is 2. The number of piperidine rings is 1. The van der Waals surface area contributed by atoms with Gasteiger partial charge in [0.05, 0.1) is 35.7 Å². The normalized spacial score (nSPS) is 18.0. The maximum Gasteiger partial charge on any atom is 0.414 e. The zero-order valence-corrected chi connectivity index (χ0v) is 22.4. The van der Waals surface area contributed by atoms with Gasteiger partial charge in [-0.2, -0.15) is 0 Å². The van der Waals surface area contributed by atoms with Crippen molar-refractivity contribution in [2.24, 2.45) is 0 Å². The lowest BCUT2D eigenvalue weighted by Gasteiger charge is -2.30. The first-order valence-electron chi connectivity index (χ1n) is 13.1. The number of rotatable bonds is 7. The van der Waals surface area contributed by atoms with Crippen molar-refractivity contribution in [2.75, 3.05) is 43.4 Å². The second kappa shape index (κ2) is 11.2. The summed E-state index contributed by atoms with van der Waals surface area (Å²) < 4.78 is 37.2. The maximum absolute atomic E-state index is 15.6. The molecule has 5 rings (SSSR count). The number of hydrogen-bond donors (Lipinski definition) is 3. The number of hydrogen-bond acceptors (Lipinski definition) is 7. The number of carboxylic acids is 1. The first-order valence-corrected chi connectivity index (χ1v) is 13.1. The van der Waals surface area contributed by atoms with E-state index in [4.69, 9.17) is 4.74 Å². The average molecular weight is 570 g/mol. The number of carbonyl (C=O) groups is 3. The summed E-state index contributed by atoms with van der Waals surface area (Å²) in [5.41, 5.74) is -1.25. The van der Waals surface area contributed by atoms with Crippen LogP contribution >= 0.6 is 0 Å². The van der Waals surface area contributed by atoms with Gasteiger partial charge in [-0.05, 0) is 63.3 Å². The SMILES string of the molecule is CC(=O)NC[C@H]1CN(c2ccc(-n3cc(C(=O)O)c(=O)c4cc(F)c(NC5CCN(C)CC5)cc43)c(F)c2)C(=O)O1. The first-order chi connectivity index (χ1) is 19.5. The lowest BCUT2D eigenvalue weighted by Crippen LogP contribution is -2.36. The number of aromatic carboxylic acids is 1. The maximum atomic E-state index is 15.6. The summed E-state index contributed by atoms with van der Waals surface area (Å²) in [6.45, 7) is 3.17. The topological polar surface area (TPSA) is 133 Å². The first kappa shape index (κ1) is 28.0. The quantitative estimate of drug-likeness (QED) is 0.396. The Hall–Kier alpha value is -4.52. The van der Waals surface area contributed by atoms with Crippen molar-refractivity contribution in [1.82, 2.24) is 14.8 Å². The number of likely N-dealkylation sites (tertiary alicyclic amines) is 1. The summed E-state index contributed by atoms with van der Waals surface area (Å²) in [6, 6.07) is 6.21. The van der Waals surface area contributed by atoms with Gasteiger partial charge in [0.1, 0.15) is 23.3 Å². The molecular formula is C28H29F2N5O6. The molecule has 1 aromatic heterocycles. The number of nitrogens with zero attached hydrogens (tertiary/aromatic N) is 3. The Morgan fingerprint density at radius 1 is 1.10 bits per heavy atom. The molecule has 216 valence electrons. The molecule has 0 spiro atoms. The van der Waals surface area contributed by atoms with Crippen LogP contribution in [0, 0.1) is 11.6 Å². The van der Waals surface area contributed by atoms with Gasteiger partial charge in [-0.3, -0.25) is 14.5 Å². The lowest BCUT2D eigenvalue weighted by atomic mass is 10.0. The summed E-state index contributed by atoms with van der Waals surface area (Å²) in [7, 11) is 2.00. The highest BCUT2D eigenvalue weighted by molar-refractivity contribution is 5.94. The molecule has 2 amide bonds. The molecule has 13 heteroatoms. The third kappa shape index (κ3) is 5.71. The van der Waals surface area contributed by atoms with E-state index in [0.29, 0.717) is 0 Å². The highest BCUT2D eigenvalue weighted by Crippen LogP contribution is 2.30. The van der Waals surface area contributed by atoms with Crippen LogP contribution in [0.4, 0.5) is 25.0 Å². The summed E-state index contributed by atoms with van der Waals surface area (Å²) in [4.78, 5) is 51.8. The van der Waals surface area contributed by atoms with Crippen LogP contribution < -0.4 is 21.0 Å². The fourth-order valence-electron chi connectivity index (χ4n) is 5.14. The van der Waals surface area contributed by atoms with Gasteiger partial charge < -0.3 is 29.9 Å². The molecule has 2 aliphatic rings. The second-order valence-electron chi connectivity index (χ2n) is 10.3. The predicted molar refractivity (Wildman–Crippen MR) is 147 cm³/mol. The molecule has 3 heterocycles. The highest BCUT2D eigenvalue weighted by Gasteiger charge is 2.33. The monoisotopic (exact) mass is 569 g/mol. The van der Waals surface area contributed by atoms with Crippen molar-refractivity contribution in [3.8, 4) is 5.69 Å². The number of fused-ring (bicyclic) bond motifs is 1. The van der Waals surface area contributed by atoms with E-state index in [1.165, 1.54) is 34.6 Å². The Morgan fingerprint density at radius 3 is 2.49 bits per heavy atom. The summed E-state index contributed by atoms with van der Waals surface area (Å²) in [5.74, 6) is -3.37. The van der Waals surface area contributed by atoms with Crippen molar-refractivity contribution in [2.45, 2.75) is 31.9 Å². The molecule has 0 bridgehead atoms. The van der Waals surface area contributed by atoms with Crippen LogP contribution in [0.1, 0.15) is 30.1 Å². The molecule has 0 saturated carbocycles. The Labute approximate surface area is 233 Å². The number of carbonyl (C=O) groups excluding carboxylic acids is 2. The van der Waals surface area contributed by atoms with E-state index in [1.54, 1.807) is 0 Å². The van der Waals surface area contributed by atoms with Gasteiger partial charge in [-0.1, -0.05) is 0 Å². The van der Waals surface area contributed by atoms with Gasteiger partial charge in [0.25, 0.3) is 0 Å². The van der Waals surface area contributed by atoms with Crippen LogP contribution in [-0.4, -0.2) is 77.9 Å². The number of ether oxygens (including phenoxy) is 1. The Morgan fingerprint density at radius 2 is 1.83 bits per heavy atom. The lowest BCUT2D eigenvalue weighted by molar-refractivity contribution is -0.119. The Bertz CT molecular complexity index is 1600. The number of halogens is 2. The second-order valence-corrected chi connectivity index (χ2v) is 10.3. The van der Waals surface area contributed by atoms with Gasteiger partial charge in [-0.15, -0.1) is 0 Å². The van der Waals surface area contributed by atoms with Crippen molar-refractivity contribution in [3.05, 3.63) is 63.9 Å². The van der Waals surface area contributed by atoms with E-state index < -0.39 is 40.8 Å². The van der Waals surface area contributed by atoms with Crippen LogP contribution in [0.15, 0.2) is 41.3 Å². The average Bonchev–Trinajstić information content (AvgIpc) is 3.30. The van der Waals surface area contributed by atoms with Crippen molar-refractivity contribution in [1.29, 1.82) is 0 Å². The molecule has 2 fully saturated rings. The molecule has 0 aliphatic carbocycles. The smallest absolute Gasteiger partial charge is 0.414 e. The van der Waals surface area contributed by atoms with Crippen molar-refractivity contribution < 1.29 is 33.0 Å². The minimum atomic E-state index is -1.54. The molecule has 11 nitrogen and oxygen atoms in total. The molecule has 3 N–H and O–H groups in total. The van der Waals surface area contributed by atoms with E-state index in [-0.39, 0.29) is 53.0 Å². The fourth-order valence-corrected chi connectivity index (χ4v) is 5.14. The van der Waals surface area contributed by atoms with E-state index in [9.17, 15) is 24.3 Å². The summed E-state index contributed by atoms with van der Waals surface area (Å²) in [5, 5.41) is 15.2. The Kier molecular flexibility index (Phi) is 7.63. The number of cyclic esters (lactones) is 1. The minimum Gasteiger partial charge on any atom is -0.477 e. The fraction of sp³-hybridized carbons (Fsp3) is 0.357. The number of pyridine rings is 1. The molecule has 1 atom stereocenters. The molecule has 0 radical (unpaired) electrons. The third-order valence-corrected chi connectivity index (χ3v) is 7.36. The summed E-state index contributed by atoms with van der Waals surface area (Å²) in [6.07, 6.45) is 1.23. The van der Waals surface area contributed by atoms with E-state index >= 15 is 8.78 Å². The Balaban J connectivity index is 1.54. The highest BCUT2D eigenvalue weighted by atomic mass is 19.1. The largest absolute Gasteiger partial charge is 0.477 e. The molecular weight excluding hydrogens is 540 g/mol. The number of carboxylic acid groups (broad SMARTS) is 1. The van der Waals surface area contributed by atoms with Gasteiger partial charge in [0.2, 0.25) is 11.3 Å². The van der Waals surface area contributed by atoms with Crippen molar-refractivity contribution >= 4 is 40.2 Å². The summed E-state index contributed by atoms with van der Waals surface area (Å²) >= 11 is 0. The molecule has 3 aromatic rings. The van der Waals surface area contributed by atoms with Crippen molar-refractivity contribution in [3.63, 3.8) is 0 Å². The number of benzene rings is 2. The molecule has 2 aromatic carbocycles. The minimum absolute atomic E-state index is 0.0117. The van der Waals surface area contributed by atoms with E-state index in [1.807, 2.05) is 7.05 Å². The molecule has 2 aliphatic heterocycles.